The van der Waals surface area contributed by atoms with E-state index in [1.807, 2.05) is 4.90 Å². The smallest absolute Gasteiger partial charge is 0.224 e. The van der Waals surface area contributed by atoms with Crippen LogP contribution in [0.2, 0.25) is 0 Å². The van der Waals surface area contributed by atoms with E-state index in [1.54, 1.807) is 0 Å². The van der Waals surface area contributed by atoms with Gasteiger partial charge < -0.3 is 19.7 Å². The average molecular weight is 298 g/mol. The molecule has 3 unspecified atom stereocenters. The molecule has 0 aromatic rings. The molecule has 122 valence electrons. The monoisotopic (exact) mass is 298 g/mol. The van der Waals surface area contributed by atoms with Gasteiger partial charge in [-0.05, 0) is 39.2 Å². The summed E-state index contributed by atoms with van der Waals surface area (Å²) in [6, 6.07) is 0.221. The maximum absolute atomic E-state index is 12.6. The van der Waals surface area contributed by atoms with Crippen LogP contribution in [0.25, 0.3) is 0 Å². The van der Waals surface area contributed by atoms with E-state index in [-0.39, 0.29) is 24.2 Å². The Morgan fingerprint density at radius 3 is 2.19 bits per heavy atom. The highest BCUT2D eigenvalue weighted by Crippen LogP contribution is 2.18. The van der Waals surface area contributed by atoms with E-state index >= 15 is 0 Å². The standard InChI is InChI=1S/C16H30N2O3/c1-3-17-13(2)10-16(19)18(11-14-6-4-8-20-14)12-15-7-5-9-21-15/h13-15,17H,3-12H2,1-2H3. The van der Waals surface area contributed by atoms with Gasteiger partial charge in [-0.2, -0.15) is 0 Å². The van der Waals surface area contributed by atoms with E-state index < -0.39 is 0 Å². The Labute approximate surface area is 128 Å². The van der Waals surface area contributed by atoms with E-state index in [2.05, 4.69) is 19.2 Å². The first kappa shape index (κ1) is 16.7. The summed E-state index contributed by atoms with van der Waals surface area (Å²) in [4.78, 5) is 14.6. The van der Waals surface area contributed by atoms with Gasteiger partial charge in [0.05, 0.1) is 12.2 Å². The molecular weight excluding hydrogens is 268 g/mol. The summed E-state index contributed by atoms with van der Waals surface area (Å²) in [5.41, 5.74) is 0. The fourth-order valence-corrected chi connectivity index (χ4v) is 3.16. The summed E-state index contributed by atoms with van der Waals surface area (Å²) < 4.78 is 11.4. The van der Waals surface area contributed by atoms with Crippen LogP contribution < -0.4 is 5.32 Å². The molecule has 0 aromatic heterocycles. The number of nitrogens with zero attached hydrogens (tertiary/aromatic N) is 1. The number of carbonyl (C=O) groups is 1. The molecule has 1 amide bonds. The van der Waals surface area contributed by atoms with Gasteiger partial charge in [0.15, 0.2) is 0 Å². The zero-order chi connectivity index (χ0) is 15.1. The molecule has 2 rings (SSSR count). The third-order valence-electron chi connectivity index (χ3n) is 4.28. The van der Waals surface area contributed by atoms with Crippen molar-refractivity contribution in [3.05, 3.63) is 0 Å². The minimum atomic E-state index is 0.213. The van der Waals surface area contributed by atoms with E-state index in [1.165, 1.54) is 0 Å². The number of hydrogen-bond donors (Lipinski definition) is 1. The molecule has 2 aliphatic heterocycles. The number of hydrogen-bond acceptors (Lipinski definition) is 4. The van der Waals surface area contributed by atoms with Crippen molar-refractivity contribution < 1.29 is 14.3 Å². The number of amides is 1. The van der Waals surface area contributed by atoms with Gasteiger partial charge in [0.2, 0.25) is 5.91 Å². The van der Waals surface area contributed by atoms with Crippen molar-refractivity contribution in [3.8, 4) is 0 Å². The number of rotatable bonds is 8. The summed E-state index contributed by atoms with van der Waals surface area (Å²) in [7, 11) is 0. The van der Waals surface area contributed by atoms with Crippen LogP contribution in [0.3, 0.4) is 0 Å². The van der Waals surface area contributed by atoms with Gasteiger partial charge in [-0.3, -0.25) is 4.79 Å². The molecule has 0 radical (unpaired) electrons. The lowest BCUT2D eigenvalue weighted by molar-refractivity contribution is -0.135. The molecule has 21 heavy (non-hydrogen) atoms. The van der Waals surface area contributed by atoms with Gasteiger partial charge in [0, 0.05) is 38.8 Å². The van der Waals surface area contributed by atoms with Gasteiger partial charge in [-0.15, -0.1) is 0 Å². The first-order valence-electron chi connectivity index (χ1n) is 8.43. The third kappa shape index (κ3) is 5.57. The predicted octanol–water partition coefficient (Wildman–Crippen LogP) is 1.56. The molecule has 0 saturated carbocycles. The summed E-state index contributed by atoms with van der Waals surface area (Å²) >= 11 is 0. The second-order valence-electron chi connectivity index (χ2n) is 6.23. The highest BCUT2D eigenvalue weighted by atomic mass is 16.5. The minimum absolute atomic E-state index is 0.213. The summed E-state index contributed by atoms with van der Waals surface area (Å²) in [6.45, 7) is 8.14. The number of carbonyl (C=O) groups excluding carboxylic acids is 1. The molecule has 1 N–H and O–H groups in total. The number of ether oxygens (including phenoxy) is 2. The van der Waals surface area contributed by atoms with Crippen molar-refractivity contribution in [1.82, 2.24) is 10.2 Å². The predicted molar refractivity (Wildman–Crippen MR) is 82.3 cm³/mol. The maximum atomic E-state index is 12.6. The lowest BCUT2D eigenvalue weighted by Crippen LogP contribution is -2.44. The average Bonchev–Trinajstić information content (AvgIpc) is 3.11. The van der Waals surface area contributed by atoms with Crippen LogP contribution in [0.15, 0.2) is 0 Å². The first-order valence-corrected chi connectivity index (χ1v) is 8.43. The van der Waals surface area contributed by atoms with Gasteiger partial charge in [-0.1, -0.05) is 6.92 Å². The topological polar surface area (TPSA) is 50.8 Å². The Morgan fingerprint density at radius 2 is 1.76 bits per heavy atom. The Kier molecular flexibility index (Phi) is 6.93. The second-order valence-corrected chi connectivity index (χ2v) is 6.23. The van der Waals surface area contributed by atoms with Crippen LogP contribution >= 0.6 is 0 Å². The molecule has 3 atom stereocenters. The molecule has 5 nitrogen and oxygen atoms in total. The van der Waals surface area contributed by atoms with Crippen LogP contribution in [0.1, 0.15) is 46.0 Å². The normalized spacial score (nSPS) is 27.0. The minimum Gasteiger partial charge on any atom is -0.376 e. The van der Waals surface area contributed by atoms with Crippen LogP contribution in [0.4, 0.5) is 0 Å². The second kappa shape index (κ2) is 8.71. The highest BCUT2D eigenvalue weighted by molar-refractivity contribution is 5.76. The molecule has 2 fully saturated rings. The molecule has 0 spiro atoms. The zero-order valence-corrected chi connectivity index (χ0v) is 13.5. The molecule has 0 bridgehead atoms. The Hall–Kier alpha value is -0.650. The van der Waals surface area contributed by atoms with Crippen molar-refractivity contribution in [2.75, 3.05) is 32.8 Å². The number of nitrogens with one attached hydrogen (secondary N) is 1. The third-order valence-corrected chi connectivity index (χ3v) is 4.28. The van der Waals surface area contributed by atoms with Crippen LogP contribution in [0.5, 0.6) is 0 Å². The van der Waals surface area contributed by atoms with Crippen molar-refractivity contribution >= 4 is 5.91 Å². The molecule has 2 heterocycles. The largest absolute Gasteiger partial charge is 0.376 e. The molecule has 2 saturated heterocycles. The lowest BCUT2D eigenvalue weighted by atomic mass is 10.1. The van der Waals surface area contributed by atoms with Crippen molar-refractivity contribution in [3.63, 3.8) is 0 Å². The Bertz CT molecular complexity index is 295. The fraction of sp³-hybridized carbons (Fsp3) is 0.938. The zero-order valence-electron chi connectivity index (χ0n) is 13.5. The van der Waals surface area contributed by atoms with Crippen LogP contribution in [0, 0.1) is 0 Å². The SMILES string of the molecule is CCNC(C)CC(=O)N(CC1CCCO1)CC1CCCO1. The van der Waals surface area contributed by atoms with Crippen LogP contribution in [-0.4, -0.2) is 61.9 Å². The molecule has 0 aromatic carbocycles. The Morgan fingerprint density at radius 1 is 1.19 bits per heavy atom. The van der Waals surface area contributed by atoms with Gasteiger partial charge in [-0.25, -0.2) is 0 Å². The van der Waals surface area contributed by atoms with Gasteiger partial charge in [0.25, 0.3) is 0 Å². The molecule has 5 heteroatoms. The molecular formula is C16H30N2O3. The van der Waals surface area contributed by atoms with E-state index in [4.69, 9.17) is 9.47 Å². The van der Waals surface area contributed by atoms with E-state index in [0.29, 0.717) is 6.42 Å². The van der Waals surface area contributed by atoms with E-state index in [0.717, 1.165) is 58.5 Å². The van der Waals surface area contributed by atoms with Crippen molar-refractivity contribution in [1.29, 1.82) is 0 Å². The van der Waals surface area contributed by atoms with Gasteiger partial charge >= 0.3 is 0 Å². The first-order chi connectivity index (χ1) is 10.2. The maximum Gasteiger partial charge on any atom is 0.224 e. The Balaban J connectivity index is 1.87. The summed E-state index contributed by atoms with van der Waals surface area (Å²) in [6.07, 6.45) is 5.33. The van der Waals surface area contributed by atoms with Crippen LogP contribution in [-0.2, 0) is 14.3 Å². The lowest BCUT2D eigenvalue weighted by Gasteiger charge is -2.29. The van der Waals surface area contributed by atoms with E-state index in [9.17, 15) is 4.79 Å². The highest BCUT2D eigenvalue weighted by Gasteiger charge is 2.27. The van der Waals surface area contributed by atoms with Crippen molar-refractivity contribution in [2.45, 2.75) is 64.2 Å². The molecule has 0 aliphatic carbocycles. The van der Waals surface area contributed by atoms with Gasteiger partial charge in [0.1, 0.15) is 0 Å². The molecule has 2 aliphatic rings. The summed E-state index contributed by atoms with van der Waals surface area (Å²) in [5, 5.41) is 3.31. The quantitative estimate of drug-likeness (QED) is 0.739. The summed E-state index contributed by atoms with van der Waals surface area (Å²) in [5.74, 6) is 0.217. The fourth-order valence-electron chi connectivity index (χ4n) is 3.16. The van der Waals surface area contributed by atoms with Crippen molar-refractivity contribution in [2.24, 2.45) is 0 Å².